The van der Waals surface area contributed by atoms with E-state index in [0.717, 1.165) is 0 Å². The molecule has 2 atom stereocenters. The first-order valence-electron chi connectivity index (χ1n) is 9.20. The average molecular weight is 402 g/mol. The number of aryl methyl sites for hydroxylation is 2. The van der Waals surface area contributed by atoms with Gasteiger partial charge in [-0.1, -0.05) is 38.1 Å². The topological polar surface area (TPSA) is 69.7 Å². The van der Waals surface area contributed by atoms with Crippen molar-refractivity contribution in [1.29, 1.82) is 0 Å². The van der Waals surface area contributed by atoms with Gasteiger partial charge in [0, 0.05) is 11.2 Å². The zero-order chi connectivity index (χ0) is 21.1. The minimum atomic E-state index is -4.01. The van der Waals surface area contributed by atoms with Crippen LogP contribution in [-0.4, -0.2) is 30.9 Å². The Kier molecular flexibility index (Phi) is 6.84. The molecule has 0 radical (unpaired) electrons. The highest BCUT2D eigenvalue weighted by atomic mass is 31.2. The van der Waals surface area contributed by atoms with Crippen LogP contribution in [-0.2, 0) is 4.57 Å². The molecule has 5 nitrogen and oxygen atoms in total. The zero-order valence-corrected chi connectivity index (χ0v) is 18.1. The summed E-state index contributed by atoms with van der Waals surface area (Å²) in [5, 5.41) is 0. The third kappa shape index (κ3) is 3.64. The second-order valence-corrected chi connectivity index (χ2v) is 9.84. The molecule has 0 N–H and O–H groups in total. The number of benzene rings is 2. The van der Waals surface area contributed by atoms with Crippen molar-refractivity contribution in [3.05, 3.63) is 58.7 Å². The summed E-state index contributed by atoms with van der Waals surface area (Å²) in [7, 11) is -1.16. The summed E-state index contributed by atoms with van der Waals surface area (Å²) in [6, 6.07) is 10.3. The Morgan fingerprint density at radius 2 is 1.32 bits per heavy atom. The zero-order valence-electron chi connectivity index (χ0n) is 17.2. The molecule has 2 aromatic carbocycles. The van der Waals surface area contributed by atoms with Gasteiger partial charge in [0.25, 0.3) is 0 Å². The molecule has 0 aliphatic carbocycles. The number of methoxy groups -OCH3 is 2. The molecule has 2 aromatic rings. The Labute approximate surface area is 166 Å². The van der Waals surface area contributed by atoms with Crippen LogP contribution in [0.1, 0.15) is 52.1 Å². The first-order valence-corrected chi connectivity index (χ1v) is 11.0. The van der Waals surface area contributed by atoms with E-state index < -0.39 is 23.8 Å². The van der Waals surface area contributed by atoms with Gasteiger partial charge in [0.1, 0.15) is 17.1 Å². The third-order valence-electron chi connectivity index (χ3n) is 5.15. The Bertz CT molecular complexity index is 905. The van der Waals surface area contributed by atoms with Crippen LogP contribution >= 0.6 is 7.14 Å². The molecule has 0 amide bonds. The van der Waals surface area contributed by atoms with E-state index in [4.69, 9.17) is 9.47 Å². The first-order chi connectivity index (χ1) is 13.2. The van der Waals surface area contributed by atoms with E-state index in [2.05, 4.69) is 0 Å². The number of ether oxygens (including phenoxy) is 2. The van der Waals surface area contributed by atoms with Crippen LogP contribution in [0.5, 0.6) is 11.5 Å². The summed E-state index contributed by atoms with van der Waals surface area (Å²) < 4.78 is 24.8. The van der Waals surface area contributed by atoms with Gasteiger partial charge in [-0.2, -0.15) is 0 Å². The number of hydrogen-bond acceptors (Lipinski definition) is 5. The maximum Gasteiger partial charge on any atom is 0.236 e. The first kappa shape index (κ1) is 21.9. The number of hydrogen-bond donors (Lipinski definition) is 0. The molecule has 0 spiro atoms. The summed E-state index contributed by atoms with van der Waals surface area (Å²) in [6.07, 6.45) is 0.428. The highest BCUT2D eigenvalue weighted by Gasteiger charge is 2.47. The quantitative estimate of drug-likeness (QED) is 0.548. The van der Waals surface area contributed by atoms with Crippen LogP contribution in [0.2, 0.25) is 0 Å². The minimum Gasteiger partial charge on any atom is -0.496 e. The highest BCUT2D eigenvalue weighted by molar-refractivity contribution is 7.96. The average Bonchev–Trinajstić information content (AvgIpc) is 2.70. The molecule has 0 aliphatic heterocycles. The van der Waals surface area contributed by atoms with Crippen molar-refractivity contribution >= 4 is 18.2 Å². The molecule has 0 saturated carbocycles. The van der Waals surface area contributed by atoms with Crippen LogP contribution in [0.15, 0.2) is 36.4 Å². The molecule has 0 aliphatic rings. The van der Waals surface area contributed by atoms with Crippen molar-refractivity contribution in [2.45, 2.75) is 39.8 Å². The van der Waals surface area contributed by atoms with Crippen molar-refractivity contribution < 1.29 is 23.6 Å². The van der Waals surface area contributed by atoms with E-state index >= 15 is 0 Å². The molecule has 0 saturated heterocycles. The van der Waals surface area contributed by atoms with Crippen molar-refractivity contribution in [3.63, 3.8) is 0 Å². The lowest BCUT2D eigenvalue weighted by molar-refractivity contribution is 0.103. The normalized spacial score (nSPS) is 14.1. The second kappa shape index (κ2) is 8.74. The second-order valence-electron chi connectivity index (χ2n) is 6.83. The van der Waals surface area contributed by atoms with Crippen LogP contribution in [0.25, 0.3) is 0 Å². The number of carbonyl (C=O) groups excluding carboxylic acids is 2. The van der Waals surface area contributed by atoms with Gasteiger partial charge in [0.2, 0.25) is 18.2 Å². The SMILES string of the molecule is CCC(C)P(=O)(C(=O)c1c(C)cccc1C)C(=O)c1c(OC)cccc1OC. The highest BCUT2D eigenvalue weighted by Crippen LogP contribution is 2.59. The predicted octanol–water partition coefficient (Wildman–Crippen LogP) is 5.46. The maximum absolute atomic E-state index is 14.2. The van der Waals surface area contributed by atoms with E-state index in [1.807, 2.05) is 13.0 Å². The van der Waals surface area contributed by atoms with Gasteiger partial charge in [-0.3, -0.25) is 9.59 Å². The van der Waals surface area contributed by atoms with Crippen LogP contribution in [0.3, 0.4) is 0 Å². The fourth-order valence-electron chi connectivity index (χ4n) is 3.30. The van der Waals surface area contributed by atoms with Gasteiger partial charge >= 0.3 is 0 Å². The standard InChI is InChI=1S/C22H27O5P/c1-7-16(4)28(25,21(23)19-14(2)10-8-11-15(19)3)22(24)20-17(26-5)12-9-13-18(20)27-6/h8-13,16H,7H2,1-6H3. The molecular weight excluding hydrogens is 375 g/mol. The summed E-state index contributed by atoms with van der Waals surface area (Å²) in [4.78, 5) is 27.2. The van der Waals surface area contributed by atoms with Gasteiger partial charge in [-0.15, -0.1) is 0 Å². The molecule has 2 unspecified atom stereocenters. The van der Waals surface area contributed by atoms with Crippen molar-refractivity contribution in [2.75, 3.05) is 14.2 Å². The van der Waals surface area contributed by atoms with Gasteiger partial charge in [0.15, 0.2) is 0 Å². The largest absolute Gasteiger partial charge is 0.496 e. The van der Waals surface area contributed by atoms with E-state index in [9.17, 15) is 14.2 Å². The molecule has 0 fully saturated rings. The molecule has 6 heteroatoms. The van der Waals surface area contributed by atoms with Crippen LogP contribution < -0.4 is 9.47 Å². The third-order valence-corrected chi connectivity index (χ3v) is 8.41. The lowest BCUT2D eigenvalue weighted by Gasteiger charge is -2.24. The fourth-order valence-corrected chi connectivity index (χ4v) is 6.03. The van der Waals surface area contributed by atoms with E-state index in [1.165, 1.54) is 14.2 Å². The summed E-state index contributed by atoms with van der Waals surface area (Å²) in [5.74, 6) is 0.476. The van der Waals surface area contributed by atoms with E-state index in [0.29, 0.717) is 23.1 Å². The van der Waals surface area contributed by atoms with Gasteiger partial charge in [-0.25, -0.2) is 0 Å². The fraction of sp³-hybridized carbons (Fsp3) is 0.364. The van der Waals surface area contributed by atoms with Gasteiger partial charge in [0.05, 0.1) is 14.2 Å². The van der Waals surface area contributed by atoms with Crippen molar-refractivity contribution in [3.8, 4) is 11.5 Å². The van der Waals surface area contributed by atoms with Gasteiger partial charge < -0.3 is 14.0 Å². The van der Waals surface area contributed by atoms with E-state index in [-0.39, 0.29) is 17.1 Å². The van der Waals surface area contributed by atoms with Crippen molar-refractivity contribution in [1.82, 2.24) is 0 Å². The lowest BCUT2D eigenvalue weighted by atomic mass is 10.0. The summed E-state index contributed by atoms with van der Waals surface area (Å²) in [6.45, 7) is 7.08. The van der Waals surface area contributed by atoms with Gasteiger partial charge in [-0.05, 0) is 43.5 Å². The monoisotopic (exact) mass is 402 g/mol. The molecule has 150 valence electrons. The molecule has 0 bridgehead atoms. The smallest absolute Gasteiger partial charge is 0.236 e. The maximum atomic E-state index is 14.2. The van der Waals surface area contributed by atoms with E-state index in [1.54, 1.807) is 51.1 Å². The summed E-state index contributed by atoms with van der Waals surface area (Å²) in [5.41, 5.74) is -0.119. The Morgan fingerprint density at radius 1 is 0.893 bits per heavy atom. The number of rotatable bonds is 8. The Morgan fingerprint density at radius 3 is 1.75 bits per heavy atom. The number of carbonyl (C=O) groups is 2. The predicted molar refractivity (Wildman–Crippen MR) is 111 cm³/mol. The molecule has 0 heterocycles. The lowest BCUT2D eigenvalue weighted by Crippen LogP contribution is -2.21. The Hall–Kier alpha value is -2.39. The van der Waals surface area contributed by atoms with Crippen LogP contribution in [0, 0.1) is 13.8 Å². The molecule has 0 aromatic heterocycles. The van der Waals surface area contributed by atoms with Crippen molar-refractivity contribution in [2.24, 2.45) is 0 Å². The molecule has 28 heavy (non-hydrogen) atoms. The summed E-state index contributed by atoms with van der Waals surface area (Å²) >= 11 is 0. The minimum absolute atomic E-state index is 0.0516. The Balaban J connectivity index is 2.76. The molecule has 2 rings (SSSR count). The van der Waals surface area contributed by atoms with Crippen LogP contribution in [0.4, 0.5) is 0 Å². The molecular formula is C22H27O5P.